The van der Waals surface area contributed by atoms with E-state index < -0.39 is 16.8 Å². The summed E-state index contributed by atoms with van der Waals surface area (Å²) in [5, 5.41) is 24.8. The third-order valence-corrected chi connectivity index (χ3v) is 3.23. The van der Waals surface area contributed by atoms with Gasteiger partial charge in [0.15, 0.2) is 5.69 Å². The molecule has 0 aliphatic carbocycles. The lowest BCUT2D eigenvalue weighted by atomic mass is 9.95. The minimum atomic E-state index is -1.17. The summed E-state index contributed by atoms with van der Waals surface area (Å²) < 4.78 is 1.24. The molecule has 21 heavy (non-hydrogen) atoms. The van der Waals surface area contributed by atoms with Crippen LogP contribution in [0.3, 0.4) is 0 Å². The number of nitrogens with zero attached hydrogens (tertiary/aromatic N) is 3. The van der Waals surface area contributed by atoms with Crippen LogP contribution in [-0.4, -0.2) is 25.8 Å². The van der Waals surface area contributed by atoms with E-state index >= 15 is 0 Å². The quantitative estimate of drug-likeness (QED) is 0.675. The van der Waals surface area contributed by atoms with E-state index in [0.29, 0.717) is 10.6 Å². The molecule has 0 saturated heterocycles. The molecule has 0 spiro atoms. The van der Waals surface area contributed by atoms with Crippen molar-refractivity contribution in [2.24, 2.45) is 7.05 Å². The Labute approximate surface area is 124 Å². The van der Waals surface area contributed by atoms with Gasteiger partial charge in [0, 0.05) is 12.1 Å². The Bertz CT molecular complexity index is 698. The van der Waals surface area contributed by atoms with Crippen LogP contribution in [0.1, 0.15) is 17.2 Å². The van der Waals surface area contributed by atoms with Gasteiger partial charge in [0.2, 0.25) is 0 Å². The van der Waals surface area contributed by atoms with Crippen molar-refractivity contribution in [3.63, 3.8) is 0 Å². The van der Waals surface area contributed by atoms with Crippen molar-refractivity contribution in [2.45, 2.75) is 12.3 Å². The summed E-state index contributed by atoms with van der Waals surface area (Å²) in [4.78, 5) is 21.8. The van der Waals surface area contributed by atoms with Gasteiger partial charge in [-0.25, -0.2) is 0 Å². The zero-order chi connectivity index (χ0) is 15.6. The number of aromatic nitrogens is 2. The number of carbonyl (C=O) groups is 1. The first kappa shape index (κ1) is 15.0. The molecule has 110 valence electrons. The van der Waals surface area contributed by atoms with Gasteiger partial charge in [-0.2, -0.15) is 5.10 Å². The summed E-state index contributed by atoms with van der Waals surface area (Å²) in [6, 6.07) is 6.72. The lowest BCUT2D eigenvalue weighted by molar-refractivity contribution is -0.385. The maximum absolute atomic E-state index is 11.5. The Hall–Kier alpha value is -2.41. The smallest absolute Gasteiger partial charge is 0.313 e. The molecule has 0 aliphatic rings. The number of aryl methyl sites for hydroxylation is 1. The Morgan fingerprint density at radius 3 is 2.86 bits per heavy atom. The summed E-state index contributed by atoms with van der Waals surface area (Å²) in [5.41, 5.74) is 0.316. The van der Waals surface area contributed by atoms with Crippen LogP contribution >= 0.6 is 11.6 Å². The molecule has 2 aromatic rings. The van der Waals surface area contributed by atoms with Gasteiger partial charge in [-0.15, -0.1) is 0 Å². The monoisotopic (exact) mass is 309 g/mol. The van der Waals surface area contributed by atoms with E-state index in [9.17, 15) is 20.0 Å². The van der Waals surface area contributed by atoms with Crippen LogP contribution in [0.5, 0.6) is 0 Å². The first-order valence-corrected chi connectivity index (χ1v) is 6.41. The van der Waals surface area contributed by atoms with Gasteiger partial charge in [0.05, 0.1) is 4.92 Å². The van der Waals surface area contributed by atoms with Crippen LogP contribution in [-0.2, 0) is 18.3 Å². The average molecular weight is 310 g/mol. The molecule has 1 aromatic heterocycles. The summed E-state index contributed by atoms with van der Waals surface area (Å²) in [6.07, 6.45) is 1.27. The number of benzene rings is 1. The van der Waals surface area contributed by atoms with E-state index in [2.05, 4.69) is 5.10 Å². The zero-order valence-electron chi connectivity index (χ0n) is 11.1. The molecule has 0 saturated carbocycles. The average Bonchev–Trinajstić information content (AvgIpc) is 2.77. The predicted octanol–water partition coefficient (Wildman–Crippen LogP) is 2.39. The molecule has 0 bridgehead atoms. The van der Waals surface area contributed by atoms with Crippen molar-refractivity contribution in [1.82, 2.24) is 9.78 Å². The minimum Gasteiger partial charge on any atom is -0.481 e. The van der Waals surface area contributed by atoms with E-state index in [1.54, 1.807) is 24.3 Å². The lowest BCUT2D eigenvalue weighted by Gasteiger charge is -2.10. The largest absolute Gasteiger partial charge is 0.481 e. The second kappa shape index (κ2) is 5.92. The third kappa shape index (κ3) is 3.38. The number of halogens is 1. The van der Waals surface area contributed by atoms with Crippen molar-refractivity contribution < 1.29 is 14.8 Å². The third-order valence-electron chi connectivity index (χ3n) is 2.99. The number of nitro groups is 1. The highest BCUT2D eigenvalue weighted by atomic mass is 35.5. The second-order valence-corrected chi connectivity index (χ2v) is 4.99. The first-order valence-electron chi connectivity index (χ1n) is 6.03. The number of rotatable bonds is 5. The second-order valence-electron chi connectivity index (χ2n) is 4.56. The van der Waals surface area contributed by atoms with E-state index in [0.717, 1.165) is 0 Å². The minimum absolute atomic E-state index is 0.0602. The van der Waals surface area contributed by atoms with Gasteiger partial charge in [0.1, 0.15) is 12.1 Å². The molecule has 0 radical (unpaired) electrons. The number of hydrogen-bond donors (Lipinski definition) is 1. The molecule has 1 aromatic carbocycles. The van der Waals surface area contributed by atoms with Crippen molar-refractivity contribution in [3.8, 4) is 0 Å². The van der Waals surface area contributed by atoms with Crippen molar-refractivity contribution in [2.75, 3.05) is 0 Å². The summed E-state index contributed by atoms with van der Waals surface area (Å²) >= 11 is 5.86. The number of hydrogen-bond acceptors (Lipinski definition) is 4. The molecule has 7 nitrogen and oxygen atoms in total. The molecule has 1 atom stereocenters. The molecular weight excluding hydrogens is 298 g/mol. The van der Waals surface area contributed by atoms with Crippen LogP contribution in [0.4, 0.5) is 5.69 Å². The van der Waals surface area contributed by atoms with Crippen LogP contribution in [0.15, 0.2) is 30.5 Å². The number of aliphatic carboxylic acids is 1. The summed E-state index contributed by atoms with van der Waals surface area (Å²) in [7, 11) is 1.51. The molecule has 1 heterocycles. The van der Waals surface area contributed by atoms with Crippen molar-refractivity contribution in [3.05, 3.63) is 56.9 Å². The summed E-state index contributed by atoms with van der Waals surface area (Å²) in [5.74, 6) is -2.28. The first-order chi connectivity index (χ1) is 9.88. The maximum atomic E-state index is 11.5. The van der Waals surface area contributed by atoms with E-state index in [1.807, 2.05) is 0 Å². The fourth-order valence-electron chi connectivity index (χ4n) is 2.08. The SMILES string of the molecule is Cn1cc([N+](=O)[O-])c(C(Cc2cccc(Cl)c2)C(=O)O)n1. The van der Waals surface area contributed by atoms with Gasteiger partial charge < -0.3 is 5.11 Å². The maximum Gasteiger partial charge on any atom is 0.313 e. The number of carboxylic acid groups (broad SMARTS) is 1. The van der Waals surface area contributed by atoms with Crippen LogP contribution < -0.4 is 0 Å². The highest BCUT2D eigenvalue weighted by Crippen LogP contribution is 2.28. The van der Waals surface area contributed by atoms with Crippen molar-refractivity contribution in [1.29, 1.82) is 0 Å². The molecular formula is C13H12ClN3O4. The van der Waals surface area contributed by atoms with E-state index in [4.69, 9.17) is 11.6 Å². The fraction of sp³-hybridized carbons (Fsp3) is 0.231. The predicted molar refractivity (Wildman–Crippen MR) is 75.4 cm³/mol. The zero-order valence-corrected chi connectivity index (χ0v) is 11.8. The van der Waals surface area contributed by atoms with Gasteiger partial charge in [-0.05, 0) is 24.1 Å². The van der Waals surface area contributed by atoms with E-state index in [-0.39, 0.29) is 17.8 Å². The Morgan fingerprint density at radius 2 is 2.29 bits per heavy atom. The van der Waals surface area contributed by atoms with Gasteiger partial charge in [-0.3, -0.25) is 19.6 Å². The Kier molecular flexibility index (Phi) is 4.23. The normalized spacial score (nSPS) is 12.1. The Balaban J connectivity index is 2.40. The molecule has 0 amide bonds. The van der Waals surface area contributed by atoms with Crippen molar-refractivity contribution >= 4 is 23.3 Å². The Morgan fingerprint density at radius 1 is 1.57 bits per heavy atom. The summed E-state index contributed by atoms with van der Waals surface area (Å²) in [6.45, 7) is 0. The molecule has 0 aliphatic heterocycles. The lowest BCUT2D eigenvalue weighted by Crippen LogP contribution is -2.16. The molecule has 1 unspecified atom stereocenters. The molecule has 8 heteroatoms. The molecule has 0 fully saturated rings. The highest BCUT2D eigenvalue weighted by Gasteiger charge is 2.31. The van der Waals surface area contributed by atoms with Crippen LogP contribution in [0.25, 0.3) is 0 Å². The van der Waals surface area contributed by atoms with Crippen LogP contribution in [0, 0.1) is 10.1 Å². The standard InChI is InChI=1S/C13H12ClN3O4/c1-16-7-11(17(20)21)12(15-16)10(13(18)19)6-8-3-2-4-9(14)5-8/h2-5,7,10H,6H2,1H3,(H,18,19). The highest BCUT2D eigenvalue weighted by molar-refractivity contribution is 6.30. The fourth-order valence-corrected chi connectivity index (χ4v) is 2.30. The van der Waals surface area contributed by atoms with Crippen LogP contribution in [0.2, 0.25) is 5.02 Å². The van der Waals surface area contributed by atoms with Gasteiger partial charge in [0.25, 0.3) is 0 Å². The van der Waals surface area contributed by atoms with Gasteiger partial charge >= 0.3 is 11.7 Å². The van der Waals surface area contributed by atoms with Gasteiger partial charge in [-0.1, -0.05) is 23.7 Å². The molecule has 2 rings (SSSR count). The van der Waals surface area contributed by atoms with E-state index in [1.165, 1.54) is 17.9 Å². The molecule has 1 N–H and O–H groups in total. The number of carboxylic acids is 1. The topological polar surface area (TPSA) is 98.3 Å².